The van der Waals surface area contributed by atoms with Crippen molar-refractivity contribution >= 4 is 0 Å². The van der Waals surface area contributed by atoms with Gasteiger partial charge >= 0.3 is 0 Å². The number of ether oxygens (including phenoxy) is 3. The van der Waals surface area contributed by atoms with E-state index in [1.165, 1.54) is 18.8 Å². The Hall–Kier alpha value is -1.68. The maximum Gasteiger partial charge on any atom is 0.232 e. The number of hydrogen-bond acceptors (Lipinski definition) is 4. The van der Waals surface area contributed by atoms with E-state index in [-0.39, 0.29) is 0 Å². The molecule has 0 bridgehead atoms. The Morgan fingerprint density at radius 3 is 3.19 bits per heavy atom. The molecule has 0 saturated heterocycles. The third-order valence-electron chi connectivity index (χ3n) is 2.41. The number of allylic oxidation sites excluding steroid dienone is 3. The lowest BCUT2D eigenvalue weighted by atomic mass is 9.98. The van der Waals surface area contributed by atoms with E-state index in [4.69, 9.17) is 14.2 Å². The van der Waals surface area contributed by atoms with Crippen LogP contribution in [0.2, 0.25) is 0 Å². The van der Waals surface area contributed by atoms with E-state index in [1.807, 2.05) is 12.2 Å². The van der Waals surface area contributed by atoms with Crippen LogP contribution in [0.1, 0.15) is 6.42 Å². The van der Waals surface area contributed by atoms with E-state index in [9.17, 15) is 0 Å². The molecule has 1 unspecified atom stereocenters. The zero-order valence-corrected chi connectivity index (χ0v) is 9.18. The molecule has 1 heterocycles. The van der Waals surface area contributed by atoms with Crippen molar-refractivity contribution in [2.24, 2.45) is 5.92 Å². The highest BCUT2D eigenvalue weighted by Gasteiger charge is 2.16. The van der Waals surface area contributed by atoms with Crippen molar-refractivity contribution < 1.29 is 14.2 Å². The summed E-state index contributed by atoms with van der Waals surface area (Å²) in [7, 11) is 1.71. The van der Waals surface area contributed by atoms with Gasteiger partial charge in [0.25, 0.3) is 0 Å². The van der Waals surface area contributed by atoms with Crippen molar-refractivity contribution in [2.75, 3.05) is 13.7 Å². The molecule has 0 aromatic carbocycles. The van der Waals surface area contributed by atoms with Crippen molar-refractivity contribution in [3.8, 4) is 0 Å². The Morgan fingerprint density at radius 2 is 2.44 bits per heavy atom. The molecule has 4 nitrogen and oxygen atoms in total. The minimum atomic E-state index is 0.338. The fourth-order valence-electron chi connectivity index (χ4n) is 1.64. The van der Waals surface area contributed by atoms with E-state index in [0.717, 1.165) is 12.1 Å². The minimum absolute atomic E-state index is 0.338. The molecule has 0 saturated carbocycles. The van der Waals surface area contributed by atoms with Crippen molar-refractivity contribution in [3.63, 3.8) is 0 Å². The summed E-state index contributed by atoms with van der Waals surface area (Å²) in [6.45, 7) is 0.688. The van der Waals surface area contributed by atoms with Gasteiger partial charge in [-0.25, -0.2) is 0 Å². The van der Waals surface area contributed by atoms with Crippen LogP contribution in [0, 0.1) is 5.92 Å². The highest BCUT2D eigenvalue weighted by Crippen LogP contribution is 2.20. The predicted molar refractivity (Wildman–Crippen MR) is 59.7 cm³/mol. The van der Waals surface area contributed by atoms with Gasteiger partial charge < -0.3 is 19.5 Å². The maximum atomic E-state index is 5.25. The van der Waals surface area contributed by atoms with Crippen molar-refractivity contribution in [1.82, 2.24) is 5.32 Å². The Kier molecular flexibility index (Phi) is 3.66. The molecule has 0 aromatic heterocycles. The summed E-state index contributed by atoms with van der Waals surface area (Å²) in [6, 6.07) is 0. The summed E-state index contributed by atoms with van der Waals surface area (Å²) in [4.78, 5) is 0. The molecule has 1 aliphatic carbocycles. The van der Waals surface area contributed by atoms with Crippen LogP contribution in [0.5, 0.6) is 0 Å². The Balaban J connectivity index is 1.98. The van der Waals surface area contributed by atoms with E-state index in [0.29, 0.717) is 18.4 Å². The molecule has 1 N–H and O–H groups in total. The first-order valence-corrected chi connectivity index (χ1v) is 5.20. The molecule has 0 fully saturated rings. The Morgan fingerprint density at radius 1 is 1.50 bits per heavy atom. The van der Waals surface area contributed by atoms with E-state index in [1.54, 1.807) is 7.11 Å². The first kappa shape index (κ1) is 10.8. The van der Waals surface area contributed by atoms with Gasteiger partial charge in [-0.1, -0.05) is 12.2 Å². The van der Waals surface area contributed by atoms with Crippen LogP contribution < -0.4 is 5.32 Å². The molecule has 0 spiro atoms. The van der Waals surface area contributed by atoms with Crippen LogP contribution in [0.25, 0.3) is 0 Å². The van der Waals surface area contributed by atoms with E-state index >= 15 is 0 Å². The molecule has 2 rings (SSSR count). The molecule has 1 aliphatic heterocycles. The average Bonchev–Trinajstić information content (AvgIpc) is 2.33. The third-order valence-corrected chi connectivity index (χ3v) is 2.41. The normalized spacial score (nSPS) is 22.9. The molecule has 16 heavy (non-hydrogen) atoms. The molecule has 1 atom stereocenters. The van der Waals surface area contributed by atoms with Gasteiger partial charge in [0.2, 0.25) is 5.88 Å². The molecule has 0 aromatic rings. The van der Waals surface area contributed by atoms with Crippen LogP contribution in [0.4, 0.5) is 0 Å². The SMILES string of the molecule is COCC1CC=CC=C1NC1=COC=CO1. The largest absolute Gasteiger partial charge is 0.464 e. The van der Waals surface area contributed by atoms with Crippen molar-refractivity contribution in [3.05, 3.63) is 48.6 Å². The summed E-state index contributed by atoms with van der Waals surface area (Å²) in [5, 5.41) is 3.19. The maximum absolute atomic E-state index is 5.25. The first-order valence-electron chi connectivity index (χ1n) is 5.20. The Bertz CT molecular complexity index is 355. The highest BCUT2D eigenvalue weighted by atomic mass is 16.5. The topological polar surface area (TPSA) is 39.7 Å². The fraction of sp³-hybridized carbons (Fsp3) is 0.333. The van der Waals surface area contributed by atoms with Crippen LogP contribution in [-0.2, 0) is 14.2 Å². The summed E-state index contributed by atoms with van der Waals surface area (Å²) >= 11 is 0. The monoisotopic (exact) mass is 221 g/mol. The van der Waals surface area contributed by atoms with Gasteiger partial charge in [0, 0.05) is 18.7 Å². The van der Waals surface area contributed by atoms with Crippen molar-refractivity contribution in [2.45, 2.75) is 6.42 Å². The van der Waals surface area contributed by atoms with Crippen LogP contribution in [0.3, 0.4) is 0 Å². The summed E-state index contributed by atoms with van der Waals surface area (Å²) < 4.78 is 15.4. The minimum Gasteiger partial charge on any atom is -0.464 e. The zero-order valence-electron chi connectivity index (χ0n) is 9.18. The van der Waals surface area contributed by atoms with Gasteiger partial charge in [-0.15, -0.1) is 0 Å². The lowest BCUT2D eigenvalue weighted by Gasteiger charge is -2.23. The molecule has 4 heteroatoms. The predicted octanol–water partition coefficient (Wildman–Crippen LogP) is 2.00. The van der Waals surface area contributed by atoms with Gasteiger partial charge in [-0.3, -0.25) is 0 Å². The van der Waals surface area contributed by atoms with Crippen LogP contribution in [-0.4, -0.2) is 13.7 Å². The van der Waals surface area contributed by atoms with Gasteiger partial charge in [0.15, 0.2) is 6.26 Å². The van der Waals surface area contributed by atoms with Gasteiger partial charge in [-0.2, -0.15) is 0 Å². The highest BCUT2D eigenvalue weighted by molar-refractivity contribution is 5.22. The fourth-order valence-corrected chi connectivity index (χ4v) is 1.64. The average molecular weight is 221 g/mol. The van der Waals surface area contributed by atoms with E-state index in [2.05, 4.69) is 11.4 Å². The standard InChI is InChI=1S/C12H15NO3/c1-14-8-10-4-2-3-5-11(10)13-12-9-15-6-7-16-12/h2-3,5-7,9-10,13H,4,8H2,1H3. The first-order chi connectivity index (χ1) is 7.90. The zero-order chi connectivity index (χ0) is 11.2. The summed E-state index contributed by atoms with van der Waals surface area (Å²) in [6.07, 6.45) is 11.6. The second kappa shape index (κ2) is 5.42. The molecule has 0 amide bonds. The lowest BCUT2D eigenvalue weighted by Crippen LogP contribution is -2.25. The van der Waals surface area contributed by atoms with Gasteiger partial charge in [-0.05, 0) is 12.5 Å². The second-order valence-electron chi connectivity index (χ2n) is 3.57. The molecule has 2 aliphatic rings. The second-order valence-corrected chi connectivity index (χ2v) is 3.57. The lowest BCUT2D eigenvalue weighted by molar-refractivity contribution is 0.160. The number of rotatable bonds is 4. The van der Waals surface area contributed by atoms with Crippen molar-refractivity contribution in [1.29, 1.82) is 0 Å². The smallest absolute Gasteiger partial charge is 0.232 e. The number of methoxy groups -OCH3 is 1. The third kappa shape index (κ3) is 2.67. The molecular weight excluding hydrogens is 206 g/mol. The van der Waals surface area contributed by atoms with Gasteiger partial charge in [0.05, 0.1) is 6.61 Å². The van der Waals surface area contributed by atoms with Crippen LogP contribution in [0.15, 0.2) is 48.6 Å². The molecule has 86 valence electrons. The summed E-state index contributed by atoms with van der Waals surface area (Å²) in [5.41, 5.74) is 1.08. The quantitative estimate of drug-likeness (QED) is 0.788. The number of hydrogen-bond donors (Lipinski definition) is 1. The van der Waals surface area contributed by atoms with Crippen LogP contribution >= 0.6 is 0 Å². The molecular formula is C12H15NO3. The Labute approximate surface area is 94.9 Å². The van der Waals surface area contributed by atoms with E-state index < -0.39 is 0 Å². The molecule has 0 radical (unpaired) electrons. The van der Waals surface area contributed by atoms with Gasteiger partial charge in [0.1, 0.15) is 12.5 Å². The summed E-state index contributed by atoms with van der Waals surface area (Å²) in [5.74, 6) is 0.926. The number of nitrogens with one attached hydrogen (secondary N) is 1.